The van der Waals surface area contributed by atoms with Crippen LogP contribution in [0.1, 0.15) is 21.7 Å². The smallest absolute Gasteiger partial charge is 0.256 e. The molecule has 1 aliphatic rings. The highest BCUT2D eigenvalue weighted by molar-refractivity contribution is 6.30. The number of fused-ring (bicyclic) bond motifs is 1. The van der Waals surface area contributed by atoms with Gasteiger partial charge in [-0.3, -0.25) is 19.7 Å². The summed E-state index contributed by atoms with van der Waals surface area (Å²) in [7, 11) is 0. The van der Waals surface area contributed by atoms with Gasteiger partial charge < -0.3 is 4.90 Å². The summed E-state index contributed by atoms with van der Waals surface area (Å²) in [5.41, 5.74) is 4.31. The lowest BCUT2D eigenvalue weighted by Gasteiger charge is -2.15. The molecule has 0 radical (unpaired) electrons. The van der Waals surface area contributed by atoms with E-state index in [0.29, 0.717) is 30.1 Å². The van der Waals surface area contributed by atoms with Crippen molar-refractivity contribution in [3.05, 3.63) is 77.1 Å². The van der Waals surface area contributed by atoms with Crippen LogP contribution < -0.4 is 0 Å². The average Bonchev–Trinajstić information content (AvgIpc) is 2.98. The summed E-state index contributed by atoms with van der Waals surface area (Å²) >= 11 is 5.86. The van der Waals surface area contributed by atoms with Gasteiger partial charge >= 0.3 is 0 Å². The average molecular weight is 351 g/mol. The first-order valence-electron chi connectivity index (χ1n) is 8.00. The molecule has 0 saturated heterocycles. The fraction of sp³-hybridized carbons (Fsp3) is 0.158. The van der Waals surface area contributed by atoms with Crippen molar-refractivity contribution in [3.8, 4) is 11.1 Å². The lowest BCUT2D eigenvalue weighted by atomic mass is 10.0. The maximum absolute atomic E-state index is 12.9. The number of rotatable bonds is 4. The number of carbonyl (C=O) groups is 1. The van der Waals surface area contributed by atoms with Crippen LogP contribution in [0.3, 0.4) is 0 Å². The molecule has 3 aromatic rings. The first-order valence-corrected chi connectivity index (χ1v) is 8.38. The molecule has 25 heavy (non-hydrogen) atoms. The van der Waals surface area contributed by atoms with Gasteiger partial charge in [-0.2, -0.15) is 0 Å². The second-order valence-electron chi connectivity index (χ2n) is 5.86. The van der Waals surface area contributed by atoms with Gasteiger partial charge in [-0.15, -0.1) is 0 Å². The Morgan fingerprint density at radius 3 is 2.64 bits per heavy atom. The van der Waals surface area contributed by atoms with Crippen molar-refractivity contribution in [2.24, 2.45) is 0 Å². The molecule has 5 nitrogen and oxygen atoms in total. The van der Waals surface area contributed by atoms with Gasteiger partial charge in [0.2, 0.25) is 0 Å². The Balaban J connectivity index is 1.56. The molecule has 6 heteroatoms. The van der Waals surface area contributed by atoms with E-state index >= 15 is 0 Å². The largest absolute Gasteiger partial charge is 0.332 e. The highest BCUT2D eigenvalue weighted by Gasteiger charge is 2.31. The lowest BCUT2D eigenvalue weighted by Crippen LogP contribution is -2.26. The quantitative estimate of drug-likeness (QED) is 0.723. The first-order chi connectivity index (χ1) is 12.2. The van der Waals surface area contributed by atoms with Crippen molar-refractivity contribution in [2.75, 3.05) is 6.54 Å². The van der Waals surface area contributed by atoms with Crippen LogP contribution in [0.4, 0.5) is 0 Å². The van der Waals surface area contributed by atoms with Crippen molar-refractivity contribution in [1.29, 1.82) is 0 Å². The molecule has 0 bridgehead atoms. The van der Waals surface area contributed by atoms with Crippen LogP contribution in [0.15, 0.2) is 55.1 Å². The van der Waals surface area contributed by atoms with E-state index < -0.39 is 0 Å². The number of carbonyl (C=O) groups excluding carboxylic acids is 1. The van der Waals surface area contributed by atoms with E-state index in [1.807, 2.05) is 35.2 Å². The molecule has 0 N–H and O–H groups in total. The fourth-order valence-corrected chi connectivity index (χ4v) is 3.14. The number of pyridine rings is 3. The second kappa shape index (κ2) is 6.61. The standard InChI is InChI=1S/C19H15ClN4O/c20-14-1-2-15(23-11-14)6-10-24-12-17-18(19(24)25)16(5-9-22-17)13-3-7-21-8-4-13/h1-5,7-9,11H,6,10,12H2. The minimum absolute atomic E-state index is 0.0175. The molecule has 0 spiro atoms. The van der Waals surface area contributed by atoms with Gasteiger partial charge in [0.1, 0.15) is 0 Å². The topological polar surface area (TPSA) is 59.0 Å². The Kier molecular flexibility index (Phi) is 4.15. The molecular formula is C19H15ClN4O. The predicted molar refractivity (Wildman–Crippen MR) is 95.2 cm³/mol. The van der Waals surface area contributed by atoms with Gasteiger partial charge in [-0.05, 0) is 41.5 Å². The molecule has 0 fully saturated rings. The van der Waals surface area contributed by atoms with Crippen molar-refractivity contribution >= 4 is 17.5 Å². The number of nitrogens with zero attached hydrogens (tertiary/aromatic N) is 4. The highest BCUT2D eigenvalue weighted by Crippen LogP contribution is 2.31. The number of hydrogen-bond donors (Lipinski definition) is 0. The van der Waals surface area contributed by atoms with Crippen LogP contribution in [-0.4, -0.2) is 32.3 Å². The maximum atomic E-state index is 12.9. The van der Waals surface area contributed by atoms with E-state index in [9.17, 15) is 4.79 Å². The normalized spacial score (nSPS) is 13.2. The Hall–Kier alpha value is -2.79. The van der Waals surface area contributed by atoms with E-state index in [1.165, 1.54) is 0 Å². The zero-order chi connectivity index (χ0) is 17.2. The van der Waals surface area contributed by atoms with Crippen LogP contribution in [-0.2, 0) is 13.0 Å². The van der Waals surface area contributed by atoms with Gasteiger partial charge in [0.15, 0.2) is 0 Å². The molecule has 3 aromatic heterocycles. The molecule has 1 aliphatic heterocycles. The number of amides is 1. The van der Waals surface area contributed by atoms with Crippen LogP contribution in [0, 0.1) is 0 Å². The lowest BCUT2D eigenvalue weighted by molar-refractivity contribution is 0.0780. The number of hydrogen-bond acceptors (Lipinski definition) is 4. The summed E-state index contributed by atoms with van der Waals surface area (Å²) in [4.78, 5) is 27.4. The van der Waals surface area contributed by atoms with Crippen LogP contribution in [0.25, 0.3) is 11.1 Å². The fourth-order valence-electron chi connectivity index (χ4n) is 3.03. The molecule has 1 amide bonds. The Morgan fingerprint density at radius 2 is 1.88 bits per heavy atom. The summed E-state index contributed by atoms with van der Waals surface area (Å²) < 4.78 is 0. The summed E-state index contributed by atoms with van der Waals surface area (Å²) in [6, 6.07) is 9.40. The van der Waals surface area contributed by atoms with E-state index in [2.05, 4.69) is 15.0 Å². The third kappa shape index (κ3) is 3.10. The highest BCUT2D eigenvalue weighted by atomic mass is 35.5. The Morgan fingerprint density at radius 1 is 1.04 bits per heavy atom. The zero-order valence-electron chi connectivity index (χ0n) is 13.4. The predicted octanol–water partition coefficient (Wildman–Crippen LogP) is 3.39. The third-order valence-electron chi connectivity index (χ3n) is 4.29. The van der Waals surface area contributed by atoms with Gasteiger partial charge in [0.05, 0.1) is 22.8 Å². The third-order valence-corrected chi connectivity index (χ3v) is 4.51. The zero-order valence-corrected chi connectivity index (χ0v) is 14.1. The summed E-state index contributed by atoms with van der Waals surface area (Å²) in [6.07, 6.45) is 7.52. The van der Waals surface area contributed by atoms with Crippen LogP contribution >= 0.6 is 11.6 Å². The molecular weight excluding hydrogens is 336 g/mol. The van der Waals surface area contributed by atoms with Crippen molar-refractivity contribution in [1.82, 2.24) is 19.9 Å². The SMILES string of the molecule is O=C1c2c(-c3ccncc3)ccnc2CN1CCc1ccc(Cl)cn1. The van der Waals surface area contributed by atoms with E-state index in [0.717, 1.165) is 22.5 Å². The Labute approximate surface area is 150 Å². The van der Waals surface area contributed by atoms with E-state index in [4.69, 9.17) is 11.6 Å². The van der Waals surface area contributed by atoms with Gasteiger partial charge in [-0.25, -0.2) is 0 Å². The number of halogens is 1. The first kappa shape index (κ1) is 15.7. The summed E-state index contributed by atoms with van der Waals surface area (Å²) in [6.45, 7) is 1.13. The molecule has 0 aliphatic carbocycles. The molecule has 4 heterocycles. The molecule has 0 saturated carbocycles. The van der Waals surface area contributed by atoms with Crippen molar-refractivity contribution < 1.29 is 4.79 Å². The molecule has 0 aromatic carbocycles. The summed E-state index contributed by atoms with van der Waals surface area (Å²) in [5, 5.41) is 0.611. The van der Waals surface area contributed by atoms with Gasteiger partial charge in [0, 0.05) is 43.4 Å². The molecule has 124 valence electrons. The summed E-state index contributed by atoms with van der Waals surface area (Å²) in [5.74, 6) is 0.0175. The van der Waals surface area contributed by atoms with Crippen LogP contribution in [0.2, 0.25) is 5.02 Å². The maximum Gasteiger partial charge on any atom is 0.256 e. The second-order valence-corrected chi connectivity index (χ2v) is 6.30. The minimum Gasteiger partial charge on any atom is -0.332 e. The van der Waals surface area contributed by atoms with E-state index in [1.54, 1.807) is 24.8 Å². The Bertz CT molecular complexity index is 912. The van der Waals surface area contributed by atoms with Gasteiger partial charge in [-0.1, -0.05) is 11.6 Å². The van der Waals surface area contributed by atoms with Crippen molar-refractivity contribution in [2.45, 2.75) is 13.0 Å². The molecule has 0 unspecified atom stereocenters. The van der Waals surface area contributed by atoms with Gasteiger partial charge in [0.25, 0.3) is 5.91 Å². The molecule has 4 rings (SSSR count). The van der Waals surface area contributed by atoms with Crippen molar-refractivity contribution in [3.63, 3.8) is 0 Å². The van der Waals surface area contributed by atoms with E-state index in [-0.39, 0.29) is 5.91 Å². The molecule has 0 atom stereocenters. The number of aromatic nitrogens is 3. The minimum atomic E-state index is 0.0175. The van der Waals surface area contributed by atoms with Crippen LogP contribution in [0.5, 0.6) is 0 Å². The monoisotopic (exact) mass is 350 g/mol.